The van der Waals surface area contributed by atoms with Crippen molar-refractivity contribution in [3.63, 3.8) is 0 Å². The maximum Gasteiger partial charge on any atom is 0.191 e. The van der Waals surface area contributed by atoms with Crippen molar-refractivity contribution in [2.75, 3.05) is 30.9 Å². The molecule has 0 aromatic heterocycles. The Morgan fingerprint density at radius 1 is 1.32 bits per heavy atom. The minimum absolute atomic E-state index is 0. The van der Waals surface area contributed by atoms with Gasteiger partial charge in [0, 0.05) is 34.5 Å². The minimum atomic E-state index is -2.93. The van der Waals surface area contributed by atoms with Gasteiger partial charge < -0.3 is 10.6 Å². The lowest BCUT2D eigenvalue weighted by Crippen LogP contribution is -2.43. The third kappa shape index (κ3) is 12.7. The normalized spacial score (nSPS) is 13.0. The van der Waals surface area contributed by atoms with E-state index in [9.17, 15) is 8.42 Å². The van der Waals surface area contributed by atoms with E-state index in [2.05, 4.69) is 15.6 Å². The molecule has 1 aromatic carbocycles. The van der Waals surface area contributed by atoms with E-state index in [1.54, 1.807) is 11.8 Å². The van der Waals surface area contributed by atoms with Gasteiger partial charge in [-0.1, -0.05) is 11.6 Å². The summed E-state index contributed by atoms with van der Waals surface area (Å²) in [6, 6.07) is 7.78. The number of hydrogen-bond acceptors (Lipinski definition) is 4. The van der Waals surface area contributed by atoms with E-state index < -0.39 is 9.84 Å². The van der Waals surface area contributed by atoms with Crippen LogP contribution in [0.4, 0.5) is 0 Å². The van der Waals surface area contributed by atoms with Crippen molar-refractivity contribution in [1.82, 2.24) is 10.6 Å². The van der Waals surface area contributed by atoms with Gasteiger partial charge in [-0.3, -0.25) is 4.99 Å². The van der Waals surface area contributed by atoms with Crippen LogP contribution in [0.5, 0.6) is 0 Å². The minimum Gasteiger partial charge on any atom is -0.357 e. The van der Waals surface area contributed by atoms with Crippen molar-refractivity contribution < 1.29 is 8.42 Å². The molecule has 1 aromatic rings. The zero-order chi connectivity index (χ0) is 18.0. The summed E-state index contributed by atoms with van der Waals surface area (Å²) in [6.07, 6.45) is 1.82. The molecule has 0 aliphatic carbocycles. The smallest absolute Gasteiger partial charge is 0.191 e. The zero-order valence-corrected chi connectivity index (χ0v) is 19.5. The fraction of sp³-hybridized carbons (Fsp3) is 0.562. The van der Waals surface area contributed by atoms with Gasteiger partial charge in [-0.2, -0.15) is 0 Å². The number of halogens is 2. The van der Waals surface area contributed by atoms with E-state index in [-0.39, 0.29) is 35.8 Å². The lowest BCUT2D eigenvalue weighted by Gasteiger charge is -2.17. The van der Waals surface area contributed by atoms with Gasteiger partial charge in [0.15, 0.2) is 5.96 Å². The molecule has 144 valence electrons. The first-order chi connectivity index (χ1) is 11.3. The average Bonchev–Trinajstić information content (AvgIpc) is 2.51. The third-order valence-electron chi connectivity index (χ3n) is 3.09. The SMILES string of the molecule is CCNC(=NCCSc1ccc(Cl)cc1)NC(C)CCS(C)(=O)=O.I. The van der Waals surface area contributed by atoms with Gasteiger partial charge in [0.1, 0.15) is 9.84 Å². The van der Waals surface area contributed by atoms with Crippen LogP contribution in [0.3, 0.4) is 0 Å². The Morgan fingerprint density at radius 2 is 1.96 bits per heavy atom. The molecule has 5 nitrogen and oxygen atoms in total. The molecule has 0 aliphatic rings. The number of guanidine groups is 1. The summed E-state index contributed by atoms with van der Waals surface area (Å²) in [5.74, 6) is 1.75. The van der Waals surface area contributed by atoms with Crippen molar-refractivity contribution in [2.45, 2.75) is 31.2 Å². The van der Waals surface area contributed by atoms with Crippen LogP contribution < -0.4 is 10.6 Å². The molecule has 0 spiro atoms. The molecule has 2 N–H and O–H groups in total. The van der Waals surface area contributed by atoms with E-state index in [1.807, 2.05) is 38.1 Å². The highest BCUT2D eigenvalue weighted by atomic mass is 127. The van der Waals surface area contributed by atoms with Gasteiger partial charge in [-0.15, -0.1) is 35.7 Å². The largest absolute Gasteiger partial charge is 0.357 e. The molecule has 0 fully saturated rings. The van der Waals surface area contributed by atoms with E-state index in [4.69, 9.17) is 11.6 Å². The lowest BCUT2D eigenvalue weighted by molar-refractivity contribution is 0.581. The molecular formula is C16H27ClIN3O2S2. The second-order valence-electron chi connectivity index (χ2n) is 5.53. The van der Waals surface area contributed by atoms with Crippen LogP contribution in [0, 0.1) is 0 Å². The maximum absolute atomic E-state index is 11.2. The molecule has 0 amide bonds. The van der Waals surface area contributed by atoms with Gasteiger partial charge in [-0.25, -0.2) is 8.42 Å². The van der Waals surface area contributed by atoms with Gasteiger partial charge in [-0.05, 0) is 44.5 Å². The molecule has 1 rings (SSSR count). The fourth-order valence-electron chi connectivity index (χ4n) is 1.87. The van der Waals surface area contributed by atoms with Crippen molar-refractivity contribution in [1.29, 1.82) is 0 Å². The molecule has 1 atom stereocenters. The monoisotopic (exact) mass is 519 g/mol. The summed E-state index contributed by atoms with van der Waals surface area (Å²) >= 11 is 7.59. The molecule has 0 saturated heterocycles. The van der Waals surface area contributed by atoms with Crippen LogP contribution in [0.15, 0.2) is 34.2 Å². The number of thioether (sulfide) groups is 1. The van der Waals surface area contributed by atoms with Crippen molar-refractivity contribution in [3.8, 4) is 0 Å². The maximum atomic E-state index is 11.2. The highest BCUT2D eigenvalue weighted by Gasteiger charge is 2.09. The number of aliphatic imine (C=N–C) groups is 1. The summed E-state index contributed by atoms with van der Waals surface area (Å²) in [7, 11) is -2.93. The Kier molecular flexibility index (Phi) is 13.0. The van der Waals surface area contributed by atoms with Crippen LogP contribution in [0.1, 0.15) is 20.3 Å². The predicted molar refractivity (Wildman–Crippen MR) is 120 cm³/mol. The number of hydrogen-bond donors (Lipinski definition) is 2. The molecule has 0 saturated carbocycles. The molecule has 0 bridgehead atoms. The Morgan fingerprint density at radius 3 is 2.52 bits per heavy atom. The first kappa shape index (κ1) is 24.8. The molecule has 9 heteroatoms. The Balaban J connectivity index is 0.00000576. The number of nitrogens with one attached hydrogen (secondary N) is 2. The van der Waals surface area contributed by atoms with Gasteiger partial charge in [0.2, 0.25) is 0 Å². The van der Waals surface area contributed by atoms with Crippen molar-refractivity contribution in [3.05, 3.63) is 29.3 Å². The Labute approximate surface area is 177 Å². The highest BCUT2D eigenvalue weighted by molar-refractivity contribution is 14.0. The summed E-state index contributed by atoms with van der Waals surface area (Å²) in [5.41, 5.74) is 0. The van der Waals surface area contributed by atoms with Crippen LogP contribution in [-0.2, 0) is 9.84 Å². The number of benzene rings is 1. The molecule has 0 aliphatic heterocycles. The lowest BCUT2D eigenvalue weighted by atomic mass is 10.3. The summed E-state index contributed by atoms with van der Waals surface area (Å²) in [4.78, 5) is 5.69. The van der Waals surface area contributed by atoms with E-state index >= 15 is 0 Å². The van der Waals surface area contributed by atoms with E-state index in [1.165, 1.54) is 6.26 Å². The molecule has 1 unspecified atom stereocenters. The zero-order valence-electron chi connectivity index (χ0n) is 14.8. The van der Waals surface area contributed by atoms with Crippen molar-refractivity contribution in [2.24, 2.45) is 4.99 Å². The fourth-order valence-corrected chi connectivity index (χ4v) is 3.52. The summed E-state index contributed by atoms with van der Waals surface area (Å²) in [5, 5.41) is 7.16. The molecule has 25 heavy (non-hydrogen) atoms. The van der Waals surface area contributed by atoms with Crippen molar-refractivity contribution >= 4 is 63.1 Å². The summed E-state index contributed by atoms with van der Waals surface area (Å²) < 4.78 is 22.5. The standard InChI is InChI=1S/C16H26ClN3O2S2.HI/c1-4-18-16(20-13(2)9-12-24(3,21)22)19-10-11-23-15-7-5-14(17)6-8-15;/h5-8,13H,4,9-12H2,1-3H3,(H2,18,19,20);1H. The number of rotatable bonds is 9. The highest BCUT2D eigenvalue weighted by Crippen LogP contribution is 2.19. The number of nitrogens with zero attached hydrogens (tertiary/aromatic N) is 1. The number of sulfone groups is 1. The molecule has 0 heterocycles. The Hall–Kier alpha value is -0.190. The second kappa shape index (κ2) is 13.1. The second-order valence-corrected chi connectivity index (χ2v) is 9.39. The van der Waals surface area contributed by atoms with Gasteiger partial charge >= 0.3 is 0 Å². The van der Waals surface area contributed by atoms with Crippen LogP contribution in [0.2, 0.25) is 5.02 Å². The van der Waals surface area contributed by atoms with E-state index in [0.29, 0.717) is 13.0 Å². The van der Waals surface area contributed by atoms with Gasteiger partial charge in [0.25, 0.3) is 0 Å². The quantitative estimate of drug-likeness (QED) is 0.172. The van der Waals surface area contributed by atoms with Crippen LogP contribution in [0.25, 0.3) is 0 Å². The molecule has 0 radical (unpaired) electrons. The van der Waals surface area contributed by atoms with Crippen LogP contribution in [-0.4, -0.2) is 51.3 Å². The van der Waals surface area contributed by atoms with Crippen LogP contribution >= 0.6 is 47.3 Å². The average molecular weight is 520 g/mol. The Bertz CT molecular complexity index is 625. The topological polar surface area (TPSA) is 70.6 Å². The first-order valence-electron chi connectivity index (χ1n) is 7.91. The van der Waals surface area contributed by atoms with E-state index in [0.717, 1.165) is 28.2 Å². The first-order valence-corrected chi connectivity index (χ1v) is 11.3. The predicted octanol–water partition coefficient (Wildman–Crippen LogP) is 3.43. The molecular weight excluding hydrogens is 493 g/mol. The summed E-state index contributed by atoms with van der Waals surface area (Å²) in [6.45, 7) is 5.39. The third-order valence-corrected chi connectivity index (χ3v) is 5.31. The van der Waals surface area contributed by atoms with Gasteiger partial charge in [0.05, 0.1) is 12.3 Å².